The molecular weight excluding hydrogens is 394 g/mol. The van der Waals surface area contributed by atoms with E-state index in [4.69, 9.17) is 9.47 Å². The van der Waals surface area contributed by atoms with Gasteiger partial charge in [-0.3, -0.25) is 14.5 Å². The number of carbonyl (C=O) groups is 2. The summed E-state index contributed by atoms with van der Waals surface area (Å²) in [6.07, 6.45) is 0.551. The molecule has 7 heteroatoms. The Morgan fingerprint density at radius 2 is 1.82 bits per heavy atom. The molecule has 1 aromatic heterocycles. The fraction of sp³-hybridized carbons (Fsp3) is 0.333. The lowest BCUT2D eigenvalue weighted by Crippen LogP contribution is -2.33. The lowest BCUT2D eigenvalue weighted by molar-refractivity contribution is -0.136. The molecule has 0 fully saturated rings. The maximum absolute atomic E-state index is 13.0. The number of hydrogen-bond donors (Lipinski definition) is 0. The maximum Gasteiger partial charge on any atom is 0.268 e. The number of benzene rings is 1. The Kier molecular flexibility index (Phi) is 6.46. The summed E-state index contributed by atoms with van der Waals surface area (Å²) in [5.74, 6) is 0.869. The average Bonchev–Trinajstić information content (AvgIpc) is 3.27. The van der Waals surface area contributed by atoms with E-state index in [1.165, 1.54) is 28.0 Å². The van der Waals surface area contributed by atoms with Gasteiger partial charge in [0.05, 0.1) is 24.7 Å². The number of imide groups is 1. The number of hydrogen-bond acceptors (Lipinski definition) is 6. The van der Waals surface area contributed by atoms with Crippen LogP contribution in [-0.4, -0.2) is 42.7 Å². The Bertz CT molecular complexity index is 903. The van der Waals surface area contributed by atoms with Gasteiger partial charge in [0.25, 0.3) is 11.8 Å². The monoisotopic (exact) mass is 417 g/mol. The van der Waals surface area contributed by atoms with E-state index in [-0.39, 0.29) is 17.1 Å². The van der Waals surface area contributed by atoms with Gasteiger partial charge in [-0.1, -0.05) is 26.0 Å². The van der Waals surface area contributed by atoms with Crippen LogP contribution in [0.5, 0.6) is 11.5 Å². The molecule has 0 spiro atoms. The summed E-state index contributed by atoms with van der Waals surface area (Å²) in [6, 6.07) is 9.42. The fourth-order valence-corrected chi connectivity index (χ4v) is 4.85. The zero-order valence-electron chi connectivity index (χ0n) is 16.4. The SMILES string of the molecule is COc1ccc(CCN2C(=O)C(SC(C)C)=C(c3cccs3)C2=O)cc1OC. The zero-order valence-corrected chi connectivity index (χ0v) is 18.0. The molecule has 0 atom stereocenters. The molecule has 0 unspecified atom stereocenters. The highest BCUT2D eigenvalue weighted by atomic mass is 32.2. The Balaban J connectivity index is 1.81. The van der Waals surface area contributed by atoms with Gasteiger partial charge in [-0.2, -0.15) is 0 Å². The summed E-state index contributed by atoms with van der Waals surface area (Å²) >= 11 is 2.94. The van der Waals surface area contributed by atoms with Crippen molar-refractivity contribution >= 4 is 40.5 Å². The number of thiophene rings is 1. The first kappa shape index (κ1) is 20.5. The van der Waals surface area contributed by atoms with Crippen LogP contribution in [0.15, 0.2) is 40.6 Å². The molecule has 0 saturated carbocycles. The topological polar surface area (TPSA) is 55.8 Å². The highest BCUT2D eigenvalue weighted by molar-refractivity contribution is 8.04. The van der Waals surface area contributed by atoms with Crippen LogP contribution < -0.4 is 9.47 Å². The maximum atomic E-state index is 13.0. The second-order valence-corrected chi connectivity index (χ2v) is 9.08. The largest absolute Gasteiger partial charge is 0.493 e. The molecule has 2 amide bonds. The minimum absolute atomic E-state index is 0.201. The zero-order chi connectivity index (χ0) is 20.3. The van der Waals surface area contributed by atoms with Gasteiger partial charge in [-0.25, -0.2) is 0 Å². The molecule has 28 heavy (non-hydrogen) atoms. The molecule has 0 bridgehead atoms. The van der Waals surface area contributed by atoms with Crippen molar-refractivity contribution in [2.45, 2.75) is 25.5 Å². The van der Waals surface area contributed by atoms with E-state index in [0.717, 1.165) is 10.4 Å². The minimum atomic E-state index is -0.212. The van der Waals surface area contributed by atoms with E-state index in [1.54, 1.807) is 14.2 Å². The summed E-state index contributed by atoms with van der Waals surface area (Å²) in [4.78, 5) is 28.8. The van der Waals surface area contributed by atoms with Gasteiger partial charge in [0.15, 0.2) is 11.5 Å². The third kappa shape index (κ3) is 4.10. The smallest absolute Gasteiger partial charge is 0.268 e. The number of amides is 2. The molecule has 1 aliphatic heterocycles. The number of carbonyl (C=O) groups excluding carboxylic acids is 2. The molecule has 5 nitrogen and oxygen atoms in total. The normalized spacial score (nSPS) is 14.4. The number of thioether (sulfide) groups is 1. The van der Waals surface area contributed by atoms with Crippen LogP contribution in [0.1, 0.15) is 24.3 Å². The number of methoxy groups -OCH3 is 2. The second kappa shape index (κ2) is 8.84. The quantitative estimate of drug-likeness (QED) is 0.602. The van der Waals surface area contributed by atoms with E-state index in [1.807, 2.05) is 49.6 Å². The fourth-order valence-electron chi connectivity index (χ4n) is 3.02. The van der Waals surface area contributed by atoms with Crippen LogP contribution in [0.3, 0.4) is 0 Å². The van der Waals surface area contributed by atoms with Crippen molar-refractivity contribution in [1.29, 1.82) is 0 Å². The van der Waals surface area contributed by atoms with Crippen molar-refractivity contribution in [3.63, 3.8) is 0 Å². The Morgan fingerprint density at radius 3 is 2.43 bits per heavy atom. The standard InChI is InChI=1S/C21H23NO4S2/c1-13(2)28-19-18(17-6-5-11-27-17)20(23)22(21(19)24)10-9-14-7-8-15(25-3)16(12-14)26-4/h5-8,11-13H,9-10H2,1-4H3. The highest BCUT2D eigenvalue weighted by Crippen LogP contribution is 2.39. The van der Waals surface area contributed by atoms with Crippen LogP contribution >= 0.6 is 23.1 Å². The van der Waals surface area contributed by atoms with Crippen molar-refractivity contribution in [1.82, 2.24) is 4.90 Å². The molecule has 2 aromatic rings. The van der Waals surface area contributed by atoms with E-state index in [9.17, 15) is 9.59 Å². The van der Waals surface area contributed by atoms with Gasteiger partial charge >= 0.3 is 0 Å². The summed E-state index contributed by atoms with van der Waals surface area (Å²) in [7, 11) is 3.17. The molecular formula is C21H23NO4S2. The van der Waals surface area contributed by atoms with Crippen LogP contribution in [0.4, 0.5) is 0 Å². The summed E-state index contributed by atoms with van der Waals surface area (Å²) in [5.41, 5.74) is 1.51. The Labute approximate surface area is 173 Å². The molecule has 1 aliphatic rings. The molecule has 0 aliphatic carbocycles. The van der Waals surface area contributed by atoms with Crippen molar-refractivity contribution in [3.8, 4) is 11.5 Å². The Hall–Kier alpha value is -2.25. The molecule has 148 valence electrons. The first-order valence-corrected chi connectivity index (χ1v) is 10.7. The van der Waals surface area contributed by atoms with Crippen molar-refractivity contribution in [2.75, 3.05) is 20.8 Å². The number of ether oxygens (including phenoxy) is 2. The molecule has 0 saturated heterocycles. The summed E-state index contributed by atoms with van der Waals surface area (Å²) < 4.78 is 10.6. The lowest BCUT2D eigenvalue weighted by Gasteiger charge is -2.16. The minimum Gasteiger partial charge on any atom is -0.493 e. The third-order valence-corrected chi connectivity index (χ3v) is 6.29. The summed E-state index contributed by atoms with van der Waals surface area (Å²) in [6.45, 7) is 4.37. The van der Waals surface area contributed by atoms with Crippen molar-refractivity contribution < 1.29 is 19.1 Å². The average molecular weight is 418 g/mol. The van der Waals surface area contributed by atoms with Gasteiger partial charge in [0.2, 0.25) is 0 Å². The first-order valence-electron chi connectivity index (χ1n) is 8.98. The van der Waals surface area contributed by atoms with E-state index in [2.05, 4.69) is 0 Å². The van der Waals surface area contributed by atoms with Crippen molar-refractivity contribution in [3.05, 3.63) is 51.1 Å². The van der Waals surface area contributed by atoms with Crippen LogP contribution in [-0.2, 0) is 16.0 Å². The lowest BCUT2D eigenvalue weighted by atomic mass is 10.1. The highest BCUT2D eigenvalue weighted by Gasteiger charge is 2.39. The third-order valence-electron chi connectivity index (χ3n) is 4.32. The Morgan fingerprint density at radius 1 is 1.07 bits per heavy atom. The van der Waals surface area contributed by atoms with Crippen LogP contribution in [0.25, 0.3) is 5.57 Å². The van der Waals surface area contributed by atoms with E-state index >= 15 is 0 Å². The molecule has 3 rings (SSSR count). The van der Waals surface area contributed by atoms with Crippen LogP contribution in [0.2, 0.25) is 0 Å². The molecule has 2 heterocycles. The van der Waals surface area contributed by atoms with E-state index < -0.39 is 0 Å². The van der Waals surface area contributed by atoms with Gasteiger partial charge in [-0.05, 0) is 35.6 Å². The van der Waals surface area contributed by atoms with Gasteiger partial charge in [-0.15, -0.1) is 23.1 Å². The summed E-state index contributed by atoms with van der Waals surface area (Å²) in [5, 5.41) is 2.14. The predicted octanol–water partition coefficient (Wildman–Crippen LogP) is 4.23. The molecule has 1 aromatic carbocycles. The van der Waals surface area contributed by atoms with Crippen LogP contribution in [0, 0.1) is 0 Å². The number of nitrogens with zero attached hydrogens (tertiary/aromatic N) is 1. The first-order chi connectivity index (χ1) is 13.5. The van der Waals surface area contributed by atoms with Crippen molar-refractivity contribution in [2.24, 2.45) is 0 Å². The predicted molar refractivity (Wildman–Crippen MR) is 114 cm³/mol. The van der Waals surface area contributed by atoms with E-state index in [0.29, 0.717) is 34.9 Å². The van der Waals surface area contributed by atoms with Gasteiger partial charge in [0.1, 0.15) is 0 Å². The van der Waals surface area contributed by atoms with Gasteiger partial charge < -0.3 is 9.47 Å². The molecule has 0 N–H and O–H groups in total. The second-order valence-electron chi connectivity index (χ2n) is 6.55. The van der Waals surface area contributed by atoms with Gasteiger partial charge in [0, 0.05) is 16.7 Å². The number of rotatable bonds is 8. The molecule has 0 radical (unpaired) electrons.